The second-order valence-corrected chi connectivity index (χ2v) is 5.44. The summed E-state index contributed by atoms with van der Waals surface area (Å²) in [6, 6.07) is 0. The summed E-state index contributed by atoms with van der Waals surface area (Å²) in [6.07, 6.45) is -0.360. The Hall–Kier alpha value is -2.36. The Bertz CT molecular complexity index is 367. The number of aliphatic hydroxyl groups is 3. The number of rotatable bonds is 8. The van der Waals surface area contributed by atoms with Crippen molar-refractivity contribution >= 4 is 23.9 Å². The molecule has 0 aliphatic carbocycles. The van der Waals surface area contributed by atoms with E-state index in [9.17, 15) is 0 Å². The molecule has 0 aliphatic heterocycles. The van der Waals surface area contributed by atoms with Crippen molar-refractivity contribution in [2.24, 2.45) is 11.5 Å². The highest BCUT2D eigenvalue weighted by Crippen LogP contribution is 2.08. The van der Waals surface area contributed by atoms with E-state index in [1.165, 1.54) is 0 Å². The number of quaternary nitrogens is 1. The molecule has 1 atom stereocenters. The molecule has 0 radical (unpaired) electrons. The number of carboxylic acid groups (broad SMARTS) is 4. The normalized spacial score (nSPS) is 10.0. The van der Waals surface area contributed by atoms with Gasteiger partial charge < -0.3 is 46.0 Å². The van der Waals surface area contributed by atoms with Crippen molar-refractivity contribution in [3.8, 4) is 0 Å². The molecule has 0 aromatic heterocycles. The predicted molar refractivity (Wildman–Crippen MR) is 106 cm³/mol. The van der Waals surface area contributed by atoms with E-state index in [0.29, 0.717) is 19.6 Å². The van der Waals surface area contributed by atoms with Crippen LogP contribution in [0.1, 0.15) is 27.7 Å². The van der Waals surface area contributed by atoms with E-state index in [1.54, 1.807) is 0 Å². The van der Waals surface area contributed by atoms with E-state index in [2.05, 4.69) is 0 Å². The molecule has 11 N–H and O–H groups in total. The number of carbonyl (C=O) groups is 4. The first kappa shape index (κ1) is 38.3. The van der Waals surface area contributed by atoms with Gasteiger partial charge in [-0.15, -0.1) is 0 Å². The minimum atomic E-state index is -0.833. The average Bonchev–Trinajstić information content (AvgIpc) is 2.52. The molecule has 0 aromatic carbocycles. The van der Waals surface area contributed by atoms with Crippen LogP contribution in [0, 0.1) is 0 Å². The fourth-order valence-electron chi connectivity index (χ4n) is 1.65. The van der Waals surface area contributed by atoms with Crippen molar-refractivity contribution in [2.45, 2.75) is 33.9 Å². The van der Waals surface area contributed by atoms with Crippen LogP contribution >= 0.6 is 0 Å². The van der Waals surface area contributed by atoms with Crippen LogP contribution in [0.25, 0.3) is 0 Å². The molecule has 30 heavy (non-hydrogen) atoms. The Kier molecular flexibility index (Phi) is 34.0. The summed E-state index contributed by atoms with van der Waals surface area (Å²) in [6.45, 7) is 5.70. The zero-order valence-electron chi connectivity index (χ0n) is 17.9. The van der Waals surface area contributed by atoms with Gasteiger partial charge in [0.15, 0.2) is 6.17 Å². The van der Waals surface area contributed by atoms with E-state index >= 15 is 0 Å². The molecule has 0 aliphatic rings. The van der Waals surface area contributed by atoms with E-state index in [1.807, 2.05) is 0 Å². The topological polar surface area (TPSA) is 262 Å². The Morgan fingerprint density at radius 2 is 0.833 bits per heavy atom. The van der Waals surface area contributed by atoms with Gasteiger partial charge in [-0.1, -0.05) is 0 Å². The fraction of sp³-hybridized carbons (Fsp3) is 0.750. The van der Waals surface area contributed by atoms with Gasteiger partial charge in [-0.3, -0.25) is 24.9 Å². The maximum atomic E-state index is 9.00. The van der Waals surface area contributed by atoms with Gasteiger partial charge in [-0.05, 0) is 0 Å². The molecule has 0 rings (SSSR count). The molecule has 14 heteroatoms. The molecule has 14 nitrogen and oxygen atoms in total. The number of nitrogens with zero attached hydrogens (tertiary/aromatic N) is 1. The summed E-state index contributed by atoms with van der Waals surface area (Å²) >= 11 is 0. The number of aliphatic hydroxyl groups excluding tert-OH is 3. The van der Waals surface area contributed by atoms with Crippen molar-refractivity contribution in [1.29, 1.82) is 0 Å². The van der Waals surface area contributed by atoms with Crippen LogP contribution < -0.4 is 11.5 Å². The summed E-state index contributed by atoms with van der Waals surface area (Å²) in [7, 11) is 0. The minimum Gasteiger partial charge on any atom is -0.481 e. The molecular formula is C16H38N3O11+. The van der Waals surface area contributed by atoms with E-state index in [4.69, 9.17) is 66.4 Å². The molecule has 0 saturated carbocycles. The van der Waals surface area contributed by atoms with Gasteiger partial charge in [0, 0.05) is 27.7 Å². The fourth-order valence-corrected chi connectivity index (χ4v) is 1.65. The minimum absolute atomic E-state index is 0.0340. The number of hydrogen-bond donors (Lipinski definition) is 9. The van der Waals surface area contributed by atoms with Crippen LogP contribution in [0.3, 0.4) is 0 Å². The van der Waals surface area contributed by atoms with Crippen LogP contribution in [0.5, 0.6) is 0 Å². The molecule has 0 aromatic rings. The number of nitrogens with two attached hydrogens (primary N) is 2. The standard InChI is InChI=1S/C8H22N3O3.4C2H4O2/c9-7-8(10)11(1-4-12,2-5-13)3-6-14;4*1-2(3)4/h8,12-14H,1-7,9-10H2;4*1H3,(H,3,4)/q+1;;;;. The van der Waals surface area contributed by atoms with E-state index < -0.39 is 23.9 Å². The van der Waals surface area contributed by atoms with Gasteiger partial charge in [0.05, 0.1) is 26.4 Å². The molecule has 0 spiro atoms. The maximum Gasteiger partial charge on any atom is 0.300 e. The summed E-state index contributed by atoms with van der Waals surface area (Å²) in [4.78, 5) is 36.0. The first-order valence-electron chi connectivity index (χ1n) is 8.52. The molecule has 1 unspecified atom stereocenters. The summed E-state index contributed by atoms with van der Waals surface area (Å²) in [5, 5.41) is 56.4. The van der Waals surface area contributed by atoms with Gasteiger partial charge in [0.1, 0.15) is 19.6 Å². The van der Waals surface area contributed by atoms with Crippen molar-refractivity contribution in [2.75, 3.05) is 46.0 Å². The second kappa shape index (κ2) is 26.6. The Morgan fingerprint density at radius 3 is 0.933 bits per heavy atom. The zero-order chi connectivity index (χ0) is 25.3. The number of hydrogen-bond acceptors (Lipinski definition) is 9. The Labute approximate surface area is 175 Å². The van der Waals surface area contributed by atoms with Crippen molar-refractivity contribution in [3.63, 3.8) is 0 Å². The van der Waals surface area contributed by atoms with Crippen molar-refractivity contribution in [3.05, 3.63) is 0 Å². The van der Waals surface area contributed by atoms with Crippen molar-refractivity contribution < 1.29 is 59.4 Å². The van der Waals surface area contributed by atoms with Gasteiger partial charge in [-0.25, -0.2) is 0 Å². The zero-order valence-corrected chi connectivity index (χ0v) is 17.9. The summed E-state index contributed by atoms with van der Waals surface area (Å²) < 4.78 is 0.264. The first-order valence-corrected chi connectivity index (χ1v) is 8.52. The van der Waals surface area contributed by atoms with Crippen LogP contribution in [-0.4, -0.2) is 116 Å². The Morgan fingerprint density at radius 1 is 0.667 bits per heavy atom. The van der Waals surface area contributed by atoms with Gasteiger partial charge in [0.2, 0.25) is 0 Å². The lowest BCUT2D eigenvalue weighted by atomic mass is 10.2. The van der Waals surface area contributed by atoms with Crippen LogP contribution in [0.2, 0.25) is 0 Å². The molecule has 182 valence electrons. The number of aliphatic carboxylic acids is 4. The third-order valence-corrected chi connectivity index (χ3v) is 2.58. The lowest BCUT2D eigenvalue weighted by molar-refractivity contribution is -0.950. The van der Waals surface area contributed by atoms with Gasteiger partial charge >= 0.3 is 0 Å². The van der Waals surface area contributed by atoms with Gasteiger partial charge in [0.25, 0.3) is 23.9 Å². The lowest BCUT2D eigenvalue weighted by Gasteiger charge is -2.41. The predicted octanol–water partition coefficient (Wildman–Crippen LogP) is -2.61. The molecule has 0 fully saturated rings. The third-order valence-electron chi connectivity index (χ3n) is 2.58. The highest BCUT2D eigenvalue weighted by atomic mass is 16.4. The Balaban J connectivity index is -0.000000106. The molecule has 0 bridgehead atoms. The molecule has 0 amide bonds. The maximum absolute atomic E-state index is 9.00. The highest BCUT2D eigenvalue weighted by Gasteiger charge is 2.32. The first-order chi connectivity index (χ1) is 13.6. The summed E-state index contributed by atoms with van der Waals surface area (Å²) in [5.41, 5.74) is 11.3. The summed E-state index contributed by atoms with van der Waals surface area (Å²) in [5.74, 6) is -3.33. The van der Waals surface area contributed by atoms with Gasteiger partial charge in [-0.2, -0.15) is 0 Å². The monoisotopic (exact) mass is 448 g/mol. The lowest BCUT2D eigenvalue weighted by Crippen LogP contribution is -2.65. The second-order valence-electron chi connectivity index (χ2n) is 5.44. The average molecular weight is 448 g/mol. The van der Waals surface area contributed by atoms with Crippen LogP contribution in [0.4, 0.5) is 0 Å². The third kappa shape index (κ3) is 50.0. The van der Waals surface area contributed by atoms with Crippen LogP contribution in [0.15, 0.2) is 0 Å². The number of carboxylic acids is 4. The highest BCUT2D eigenvalue weighted by molar-refractivity contribution is 5.63. The largest absolute Gasteiger partial charge is 0.481 e. The van der Waals surface area contributed by atoms with Crippen molar-refractivity contribution in [1.82, 2.24) is 0 Å². The smallest absolute Gasteiger partial charge is 0.300 e. The quantitative estimate of drug-likeness (QED) is 0.136. The van der Waals surface area contributed by atoms with E-state index in [0.717, 1.165) is 27.7 Å². The van der Waals surface area contributed by atoms with Crippen LogP contribution in [-0.2, 0) is 19.2 Å². The van der Waals surface area contributed by atoms with E-state index in [-0.39, 0.29) is 37.0 Å². The molecule has 0 saturated heterocycles. The molecule has 0 heterocycles. The molecular weight excluding hydrogens is 410 g/mol. The SMILES string of the molecule is CC(=O)O.CC(=O)O.CC(=O)O.CC(=O)O.NCC(N)[N+](CCO)(CCO)CCO.